The van der Waals surface area contributed by atoms with E-state index < -0.39 is 11.1 Å². The minimum atomic E-state index is -2.17. The van der Waals surface area contributed by atoms with Crippen LogP contribution in [0.5, 0.6) is 0 Å². The van der Waals surface area contributed by atoms with Crippen LogP contribution in [0.15, 0.2) is 29.2 Å². The zero-order valence-electron chi connectivity index (χ0n) is 7.03. The van der Waals surface area contributed by atoms with Crippen molar-refractivity contribution in [3.8, 4) is 0 Å². The molecule has 1 N–H and O–H groups in total. The van der Waals surface area contributed by atoms with Crippen molar-refractivity contribution in [2.45, 2.75) is 11.8 Å². The molecule has 1 heterocycles. The van der Waals surface area contributed by atoms with Crippen LogP contribution in [0.1, 0.15) is 5.69 Å². The van der Waals surface area contributed by atoms with Gasteiger partial charge in [-0.3, -0.25) is 4.21 Å². The van der Waals surface area contributed by atoms with Gasteiger partial charge >= 0.3 is 0 Å². The van der Waals surface area contributed by atoms with Crippen LogP contribution in [0.3, 0.4) is 0 Å². The minimum Gasteiger partial charge on any atom is -0.768 e. The lowest BCUT2D eigenvalue weighted by molar-refractivity contribution is 0.537. The molecular weight excluding hydrogens is 186 g/mol. The van der Waals surface area contributed by atoms with Gasteiger partial charge in [-0.2, -0.15) is 0 Å². The quantitative estimate of drug-likeness (QED) is 0.702. The second-order valence-electron chi connectivity index (χ2n) is 2.86. The first-order chi connectivity index (χ1) is 6.20. The summed E-state index contributed by atoms with van der Waals surface area (Å²) >= 11 is -2.17. The Morgan fingerprint density at radius 2 is 2.08 bits per heavy atom. The molecule has 0 aliphatic rings. The van der Waals surface area contributed by atoms with Gasteiger partial charge in [0.1, 0.15) is 0 Å². The highest BCUT2D eigenvalue weighted by Gasteiger charge is 2.06. The standard InChI is InChI=1S/C9H9NO2S/c1-6-9(13(11)12)7-4-2-3-5-8(7)10-6/h2-5,10H,1H3,(H,11,12)/p-1. The van der Waals surface area contributed by atoms with Crippen molar-refractivity contribution in [3.63, 3.8) is 0 Å². The molecule has 0 saturated carbocycles. The Morgan fingerprint density at radius 1 is 1.38 bits per heavy atom. The van der Waals surface area contributed by atoms with Crippen LogP contribution in [-0.2, 0) is 11.1 Å². The molecule has 13 heavy (non-hydrogen) atoms. The van der Waals surface area contributed by atoms with Crippen molar-refractivity contribution in [3.05, 3.63) is 30.0 Å². The summed E-state index contributed by atoms with van der Waals surface area (Å²) in [4.78, 5) is 3.39. The smallest absolute Gasteiger partial charge is 0.0531 e. The van der Waals surface area contributed by atoms with Crippen molar-refractivity contribution in [1.82, 2.24) is 4.98 Å². The maximum absolute atomic E-state index is 10.9. The van der Waals surface area contributed by atoms with E-state index in [1.165, 1.54) is 0 Å². The summed E-state index contributed by atoms with van der Waals surface area (Å²) in [6.07, 6.45) is 0. The van der Waals surface area contributed by atoms with Crippen molar-refractivity contribution in [2.24, 2.45) is 0 Å². The first-order valence-electron chi connectivity index (χ1n) is 3.86. The molecule has 1 atom stereocenters. The molecule has 0 spiro atoms. The van der Waals surface area contributed by atoms with Gasteiger partial charge in [-0.25, -0.2) is 0 Å². The normalized spacial score (nSPS) is 13.4. The molecule has 1 aromatic heterocycles. The maximum atomic E-state index is 10.9. The number of hydrogen-bond acceptors (Lipinski definition) is 2. The molecule has 0 aliphatic carbocycles. The van der Waals surface area contributed by atoms with Crippen LogP contribution in [0.4, 0.5) is 0 Å². The average Bonchev–Trinajstić information content (AvgIpc) is 2.39. The summed E-state index contributed by atoms with van der Waals surface area (Å²) < 4.78 is 21.8. The number of aryl methyl sites for hydroxylation is 1. The molecule has 0 bridgehead atoms. The van der Waals surface area contributed by atoms with E-state index in [0.717, 1.165) is 10.9 Å². The van der Waals surface area contributed by atoms with E-state index in [1.54, 1.807) is 13.0 Å². The SMILES string of the molecule is Cc1[nH]c2ccccc2c1S(=O)[O-]. The third-order valence-corrected chi connectivity index (χ3v) is 2.86. The Labute approximate surface area is 78.1 Å². The van der Waals surface area contributed by atoms with Crippen molar-refractivity contribution in [2.75, 3.05) is 0 Å². The zero-order chi connectivity index (χ0) is 9.42. The second kappa shape index (κ2) is 2.97. The molecule has 0 amide bonds. The number of aromatic amines is 1. The summed E-state index contributed by atoms with van der Waals surface area (Å²) in [6, 6.07) is 7.35. The van der Waals surface area contributed by atoms with E-state index in [9.17, 15) is 8.76 Å². The Hall–Kier alpha value is -1.13. The van der Waals surface area contributed by atoms with Gasteiger partial charge in [-0.05, 0) is 24.1 Å². The van der Waals surface area contributed by atoms with Gasteiger partial charge in [-0.1, -0.05) is 18.2 Å². The molecule has 1 aromatic carbocycles. The van der Waals surface area contributed by atoms with Gasteiger partial charge in [0.05, 0.1) is 4.90 Å². The Morgan fingerprint density at radius 3 is 2.77 bits per heavy atom. The van der Waals surface area contributed by atoms with Crippen LogP contribution in [0.2, 0.25) is 0 Å². The first kappa shape index (κ1) is 8.47. The highest BCUT2D eigenvalue weighted by Crippen LogP contribution is 2.23. The summed E-state index contributed by atoms with van der Waals surface area (Å²) in [6.45, 7) is 1.76. The maximum Gasteiger partial charge on any atom is 0.0531 e. The van der Waals surface area contributed by atoms with E-state index in [4.69, 9.17) is 0 Å². The van der Waals surface area contributed by atoms with Gasteiger partial charge < -0.3 is 9.54 Å². The number of fused-ring (bicyclic) bond motifs is 1. The number of aromatic nitrogens is 1. The van der Waals surface area contributed by atoms with Crippen LogP contribution in [-0.4, -0.2) is 13.7 Å². The lowest BCUT2D eigenvalue weighted by atomic mass is 10.2. The number of para-hydroxylation sites is 1. The van der Waals surface area contributed by atoms with Crippen molar-refractivity contribution >= 4 is 22.0 Å². The molecule has 0 aliphatic heterocycles. The fraction of sp³-hybridized carbons (Fsp3) is 0.111. The molecule has 0 radical (unpaired) electrons. The van der Waals surface area contributed by atoms with Crippen LogP contribution < -0.4 is 0 Å². The number of rotatable bonds is 1. The molecule has 2 aromatic rings. The number of hydrogen-bond donors (Lipinski definition) is 1. The lowest BCUT2D eigenvalue weighted by Gasteiger charge is -2.03. The number of benzene rings is 1. The lowest BCUT2D eigenvalue weighted by Crippen LogP contribution is -1.89. The van der Waals surface area contributed by atoms with Crippen molar-refractivity contribution < 1.29 is 8.76 Å². The van der Waals surface area contributed by atoms with Gasteiger partial charge in [0.25, 0.3) is 0 Å². The molecular formula is C9H8NO2S-. The summed E-state index contributed by atoms with van der Waals surface area (Å²) in [5.41, 5.74) is 1.55. The van der Waals surface area contributed by atoms with E-state index in [-0.39, 0.29) is 0 Å². The zero-order valence-corrected chi connectivity index (χ0v) is 7.85. The topological polar surface area (TPSA) is 55.9 Å². The van der Waals surface area contributed by atoms with Gasteiger partial charge in [0.2, 0.25) is 0 Å². The van der Waals surface area contributed by atoms with Crippen LogP contribution >= 0.6 is 0 Å². The van der Waals surface area contributed by atoms with Crippen LogP contribution in [0.25, 0.3) is 10.9 Å². The fourth-order valence-electron chi connectivity index (χ4n) is 1.47. The van der Waals surface area contributed by atoms with Gasteiger partial charge in [0, 0.05) is 16.6 Å². The highest BCUT2D eigenvalue weighted by atomic mass is 32.2. The second-order valence-corrected chi connectivity index (χ2v) is 3.74. The molecule has 1 unspecified atom stereocenters. The van der Waals surface area contributed by atoms with Crippen molar-refractivity contribution in [1.29, 1.82) is 0 Å². The van der Waals surface area contributed by atoms with E-state index in [2.05, 4.69) is 4.98 Å². The summed E-state index contributed by atoms with van der Waals surface area (Å²) in [5, 5.41) is 0.758. The van der Waals surface area contributed by atoms with Gasteiger partial charge in [0.15, 0.2) is 0 Å². The Kier molecular flexibility index (Phi) is 1.94. The summed E-state index contributed by atoms with van der Waals surface area (Å²) in [5.74, 6) is 0. The van der Waals surface area contributed by atoms with E-state index >= 15 is 0 Å². The molecule has 3 nitrogen and oxygen atoms in total. The average molecular weight is 194 g/mol. The predicted molar refractivity (Wildman–Crippen MR) is 50.2 cm³/mol. The minimum absolute atomic E-state index is 0.371. The van der Waals surface area contributed by atoms with Gasteiger partial charge in [-0.15, -0.1) is 0 Å². The summed E-state index contributed by atoms with van der Waals surface area (Å²) in [7, 11) is 0. The third-order valence-electron chi connectivity index (χ3n) is 2.00. The van der Waals surface area contributed by atoms with E-state index in [0.29, 0.717) is 10.6 Å². The monoisotopic (exact) mass is 194 g/mol. The molecule has 0 fully saturated rings. The number of H-pyrrole nitrogens is 1. The predicted octanol–water partition coefficient (Wildman–Crippen LogP) is 1.71. The molecule has 4 heteroatoms. The largest absolute Gasteiger partial charge is 0.768 e. The number of nitrogens with one attached hydrogen (secondary N) is 1. The van der Waals surface area contributed by atoms with E-state index in [1.807, 2.05) is 18.2 Å². The molecule has 2 rings (SSSR count). The Bertz CT molecular complexity index is 475. The van der Waals surface area contributed by atoms with Crippen LogP contribution in [0, 0.1) is 6.92 Å². The first-order valence-corrected chi connectivity index (χ1v) is 4.94. The molecule has 0 saturated heterocycles. The molecule has 68 valence electrons. The Balaban J connectivity index is 2.86. The highest BCUT2D eigenvalue weighted by molar-refractivity contribution is 7.79. The fourth-order valence-corrected chi connectivity index (χ4v) is 2.12. The third kappa shape index (κ3) is 1.28.